The molecule has 0 amide bonds. The van der Waals surface area contributed by atoms with E-state index < -0.39 is 0 Å². The lowest BCUT2D eigenvalue weighted by atomic mass is 10.0. The van der Waals surface area contributed by atoms with Crippen molar-refractivity contribution >= 4 is 11.6 Å². The Morgan fingerprint density at radius 2 is 1.96 bits per heavy atom. The van der Waals surface area contributed by atoms with Crippen LogP contribution in [0.5, 0.6) is 11.5 Å². The average Bonchev–Trinajstić information content (AvgIpc) is 2.54. The number of rotatable bonds is 4. The maximum absolute atomic E-state index is 11.1. The van der Waals surface area contributed by atoms with Gasteiger partial charge in [-0.1, -0.05) is 23.7 Å². The molecule has 0 aliphatic rings. The van der Waals surface area contributed by atoms with Crippen molar-refractivity contribution in [3.05, 3.63) is 86.3 Å². The van der Waals surface area contributed by atoms with Gasteiger partial charge in [-0.3, -0.25) is 4.79 Å². The molecule has 0 radical (unpaired) electrons. The number of H-pyrrole nitrogens is 1. The first kappa shape index (κ1) is 16.3. The number of ether oxygens (including phenoxy) is 1. The molecule has 0 aliphatic carbocycles. The van der Waals surface area contributed by atoms with Crippen LogP contribution in [0.2, 0.25) is 5.02 Å². The fourth-order valence-corrected chi connectivity index (χ4v) is 2.63. The van der Waals surface area contributed by atoms with Gasteiger partial charge in [-0.05, 0) is 60.9 Å². The Labute approximate surface area is 145 Å². The smallest absolute Gasteiger partial charge is 0.264 e. The summed E-state index contributed by atoms with van der Waals surface area (Å²) in [5, 5.41) is 7.15. The molecule has 0 fully saturated rings. The molecule has 24 heavy (non-hydrogen) atoms. The van der Waals surface area contributed by atoms with Crippen molar-refractivity contribution in [3.8, 4) is 11.5 Å². The molecule has 3 aromatic rings. The van der Waals surface area contributed by atoms with E-state index in [9.17, 15) is 4.79 Å². The van der Waals surface area contributed by atoms with Crippen molar-refractivity contribution in [2.24, 2.45) is 0 Å². The van der Waals surface area contributed by atoms with Gasteiger partial charge in [-0.25, -0.2) is 5.10 Å². The van der Waals surface area contributed by atoms with Crippen molar-refractivity contribution in [2.45, 2.75) is 20.3 Å². The minimum absolute atomic E-state index is 0.205. The maximum Gasteiger partial charge on any atom is 0.264 e. The van der Waals surface area contributed by atoms with E-state index in [0.717, 1.165) is 28.1 Å². The van der Waals surface area contributed by atoms with Crippen molar-refractivity contribution in [2.75, 3.05) is 0 Å². The number of hydrogen-bond donors (Lipinski definition) is 1. The summed E-state index contributed by atoms with van der Waals surface area (Å²) in [4.78, 5) is 11.1. The van der Waals surface area contributed by atoms with Gasteiger partial charge in [-0.15, -0.1) is 0 Å². The molecule has 1 aromatic heterocycles. The van der Waals surface area contributed by atoms with E-state index >= 15 is 0 Å². The van der Waals surface area contributed by atoms with Crippen LogP contribution in [0.4, 0.5) is 0 Å². The number of aromatic amines is 1. The van der Waals surface area contributed by atoms with Crippen LogP contribution in [0.25, 0.3) is 0 Å². The largest absolute Gasteiger partial charge is 0.457 e. The predicted molar refractivity (Wildman–Crippen MR) is 95.1 cm³/mol. The Bertz CT molecular complexity index is 914. The highest BCUT2D eigenvalue weighted by Gasteiger charge is 2.09. The second-order valence-corrected chi connectivity index (χ2v) is 6.12. The number of aromatic nitrogens is 2. The minimum Gasteiger partial charge on any atom is -0.457 e. The Balaban J connectivity index is 1.90. The quantitative estimate of drug-likeness (QED) is 0.764. The number of aryl methyl sites for hydroxylation is 1. The standard InChI is InChI=1S/C19H17ClN2O2/c1-12-8-14(9-16-6-7-19(23)22-21-16)10-18(13(12)2)24-17-5-3-4-15(20)11-17/h3-8,10-11H,9H2,1-2H3,(H,22,23). The van der Waals surface area contributed by atoms with E-state index in [4.69, 9.17) is 16.3 Å². The van der Waals surface area contributed by atoms with Crippen molar-refractivity contribution in [3.63, 3.8) is 0 Å². The fraction of sp³-hybridized carbons (Fsp3) is 0.158. The molecule has 0 aliphatic heterocycles. The van der Waals surface area contributed by atoms with E-state index in [1.807, 2.05) is 38.1 Å². The summed E-state index contributed by atoms with van der Waals surface area (Å²) in [6, 6.07) is 14.6. The molecule has 0 unspecified atom stereocenters. The van der Waals surface area contributed by atoms with E-state index in [2.05, 4.69) is 16.3 Å². The highest BCUT2D eigenvalue weighted by molar-refractivity contribution is 6.30. The van der Waals surface area contributed by atoms with Gasteiger partial charge >= 0.3 is 0 Å². The summed E-state index contributed by atoms with van der Waals surface area (Å²) < 4.78 is 6.01. The number of hydrogen-bond acceptors (Lipinski definition) is 3. The molecule has 0 spiro atoms. The van der Waals surface area contributed by atoms with Crippen LogP contribution in [0.1, 0.15) is 22.4 Å². The van der Waals surface area contributed by atoms with Gasteiger partial charge in [0.1, 0.15) is 11.5 Å². The van der Waals surface area contributed by atoms with Crippen LogP contribution in [0.15, 0.2) is 53.3 Å². The second kappa shape index (κ2) is 6.89. The van der Waals surface area contributed by atoms with Gasteiger partial charge in [0.25, 0.3) is 5.56 Å². The predicted octanol–water partition coefficient (Wildman–Crippen LogP) is 4.42. The third-order valence-electron chi connectivity index (χ3n) is 3.83. The average molecular weight is 341 g/mol. The second-order valence-electron chi connectivity index (χ2n) is 5.68. The van der Waals surface area contributed by atoms with Crippen molar-refractivity contribution in [1.82, 2.24) is 10.2 Å². The van der Waals surface area contributed by atoms with Crippen LogP contribution >= 0.6 is 11.6 Å². The summed E-state index contributed by atoms with van der Waals surface area (Å²) in [7, 11) is 0. The number of benzene rings is 2. The molecule has 1 N–H and O–H groups in total. The van der Waals surface area contributed by atoms with Crippen LogP contribution in [-0.4, -0.2) is 10.2 Å². The third kappa shape index (κ3) is 3.84. The van der Waals surface area contributed by atoms with Crippen LogP contribution in [0.3, 0.4) is 0 Å². The van der Waals surface area contributed by atoms with Gasteiger partial charge in [-0.2, -0.15) is 5.10 Å². The first-order chi connectivity index (χ1) is 11.5. The van der Waals surface area contributed by atoms with E-state index in [1.54, 1.807) is 12.1 Å². The summed E-state index contributed by atoms with van der Waals surface area (Å²) >= 11 is 6.02. The van der Waals surface area contributed by atoms with Crippen LogP contribution in [-0.2, 0) is 6.42 Å². The zero-order valence-corrected chi connectivity index (χ0v) is 14.2. The molecule has 2 aromatic carbocycles. The van der Waals surface area contributed by atoms with Gasteiger partial charge in [0.15, 0.2) is 0 Å². The highest BCUT2D eigenvalue weighted by Crippen LogP contribution is 2.30. The minimum atomic E-state index is -0.205. The Kier molecular flexibility index (Phi) is 4.67. The lowest BCUT2D eigenvalue weighted by molar-refractivity contribution is 0.478. The van der Waals surface area contributed by atoms with E-state index in [1.165, 1.54) is 6.07 Å². The fourth-order valence-electron chi connectivity index (χ4n) is 2.45. The number of nitrogens with one attached hydrogen (secondary N) is 1. The van der Waals surface area contributed by atoms with E-state index in [-0.39, 0.29) is 5.56 Å². The molecule has 0 bridgehead atoms. The maximum atomic E-state index is 11.1. The van der Waals surface area contributed by atoms with Gasteiger partial charge in [0.2, 0.25) is 0 Å². The lowest BCUT2D eigenvalue weighted by Gasteiger charge is -2.13. The molecule has 4 nitrogen and oxygen atoms in total. The Morgan fingerprint density at radius 3 is 2.67 bits per heavy atom. The van der Waals surface area contributed by atoms with Gasteiger partial charge in [0, 0.05) is 17.5 Å². The lowest BCUT2D eigenvalue weighted by Crippen LogP contribution is -2.08. The SMILES string of the molecule is Cc1cc(Cc2ccc(=O)[nH]n2)cc(Oc2cccc(Cl)c2)c1C. The molecule has 0 atom stereocenters. The molecule has 5 heteroatoms. The zero-order chi connectivity index (χ0) is 17.1. The van der Waals surface area contributed by atoms with Crippen molar-refractivity contribution in [1.29, 1.82) is 0 Å². The monoisotopic (exact) mass is 340 g/mol. The third-order valence-corrected chi connectivity index (χ3v) is 4.06. The zero-order valence-electron chi connectivity index (χ0n) is 13.5. The highest BCUT2D eigenvalue weighted by atomic mass is 35.5. The summed E-state index contributed by atoms with van der Waals surface area (Å²) in [6.07, 6.45) is 0.615. The first-order valence-electron chi connectivity index (χ1n) is 7.59. The van der Waals surface area contributed by atoms with E-state index in [0.29, 0.717) is 17.2 Å². The molecule has 3 rings (SSSR count). The Hall–Kier alpha value is -2.59. The van der Waals surface area contributed by atoms with Gasteiger partial charge in [0.05, 0.1) is 5.69 Å². The Morgan fingerprint density at radius 1 is 1.12 bits per heavy atom. The first-order valence-corrected chi connectivity index (χ1v) is 7.97. The molecule has 0 saturated carbocycles. The molecule has 122 valence electrons. The summed E-state index contributed by atoms with van der Waals surface area (Å²) in [6.45, 7) is 4.07. The summed E-state index contributed by atoms with van der Waals surface area (Å²) in [5.41, 5.74) is 3.87. The van der Waals surface area contributed by atoms with Crippen LogP contribution in [0, 0.1) is 13.8 Å². The van der Waals surface area contributed by atoms with Crippen LogP contribution < -0.4 is 10.3 Å². The molecular formula is C19H17ClN2O2. The van der Waals surface area contributed by atoms with Crippen molar-refractivity contribution < 1.29 is 4.74 Å². The topological polar surface area (TPSA) is 55.0 Å². The summed E-state index contributed by atoms with van der Waals surface area (Å²) in [5.74, 6) is 1.49. The molecular weight excluding hydrogens is 324 g/mol. The normalized spacial score (nSPS) is 10.6. The number of halogens is 1. The molecule has 1 heterocycles. The number of nitrogens with zero attached hydrogens (tertiary/aromatic N) is 1. The molecule has 0 saturated heterocycles. The van der Waals surface area contributed by atoms with Gasteiger partial charge < -0.3 is 4.74 Å².